The quantitative estimate of drug-likeness (QED) is 0.520. The zero-order chi connectivity index (χ0) is 7.11. The maximum atomic E-state index is 3.61. The highest BCUT2D eigenvalue weighted by Crippen LogP contribution is 1.86. The van der Waals surface area contributed by atoms with E-state index in [1.54, 1.807) is 0 Å². The van der Waals surface area contributed by atoms with Gasteiger partial charge in [0.2, 0.25) is 0 Å². The van der Waals surface area contributed by atoms with E-state index in [1.165, 1.54) is 0 Å². The van der Waals surface area contributed by atoms with Crippen LogP contribution in [0.1, 0.15) is 13.3 Å². The van der Waals surface area contributed by atoms with Gasteiger partial charge in [-0.25, -0.2) is 0 Å². The largest absolute Gasteiger partial charge is 0.381 e. The second-order valence-corrected chi connectivity index (χ2v) is 1.98. The van der Waals surface area contributed by atoms with Crippen molar-refractivity contribution in [3.63, 3.8) is 0 Å². The van der Waals surface area contributed by atoms with Gasteiger partial charge in [0, 0.05) is 13.6 Å². The van der Waals surface area contributed by atoms with Crippen molar-refractivity contribution in [1.29, 1.82) is 0 Å². The summed E-state index contributed by atoms with van der Waals surface area (Å²) >= 11 is 0. The van der Waals surface area contributed by atoms with Crippen LogP contribution in [0.4, 0.5) is 0 Å². The fourth-order valence-electron chi connectivity index (χ4n) is 0.442. The van der Waals surface area contributed by atoms with Gasteiger partial charge in [0.1, 0.15) is 0 Å². The Balaban J connectivity index is 3.31. The lowest BCUT2D eigenvalue weighted by Crippen LogP contribution is -2.07. The first-order chi connectivity index (χ1) is 4.31. The standard InChI is InChI=1S/C8H15N/c1-4-6-7-8-9(3)5-2/h4,7-8H,1,5-6H2,2-3H3/b8-7-. The molecule has 0 aliphatic rings. The van der Waals surface area contributed by atoms with Crippen molar-refractivity contribution < 1.29 is 0 Å². The molecule has 0 aromatic rings. The molecule has 0 amide bonds. The number of hydrogen-bond acceptors (Lipinski definition) is 1. The van der Waals surface area contributed by atoms with Crippen LogP contribution in [0, 0.1) is 0 Å². The molecular weight excluding hydrogens is 110 g/mol. The molecule has 1 nitrogen and oxygen atoms in total. The number of allylic oxidation sites excluding steroid dienone is 2. The molecule has 0 aromatic carbocycles. The van der Waals surface area contributed by atoms with Crippen LogP contribution < -0.4 is 0 Å². The molecular formula is C8H15N. The summed E-state index contributed by atoms with van der Waals surface area (Å²) in [6, 6.07) is 0. The molecule has 0 aromatic heterocycles. The van der Waals surface area contributed by atoms with Crippen molar-refractivity contribution in [2.24, 2.45) is 0 Å². The topological polar surface area (TPSA) is 3.24 Å². The summed E-state index contributed by atoms with van der Waals surface area (Å²) in [6.45, 7) is 6.80. The van der Waals surface area contributed by atoms with Gasteiger partial charge in [-0.05, 0) is 19.5 Å². The van der Waals surface area contributed by atoms with Crippen LogP contribution in [-0.2, 0) is 0 Å². The fraction of sp³-hybridized carbons (Fsp3) is 0.500. The third kappa shape index (κ3) is 5.15. The number of hydrogen-bond donors (Lipinski definition) is 0. The van der Waals surface area contributed by atoms with Crippen molar-refractivity contribution >= 4 is 0 Å². The monoisotopic (exact) mass is 125 g/mol. The van der Waals surface area contributed by atoms with Gasteiger partial charge < -0.3 is 4.90 Å². The molecule has 0 radical (unpaired) electrons. The summed E-state index contributed by atoms with van der Waals surface area (Å²) in [5.41, 5.74) is 0. The van der Waals surface area contributed by atoms with Crippen molar-refractivity contribution in [2.45, 2.75) is 13.3 Å². The minimum atomic E-state index is 0.963. The van der Waals surface area contributed by atoms with Crippen molar-refractivity contribution in [3.8, 4) is 0 Å². The zero-order valence-electron chi connectivity index (χ0n) is 6.30. The summed E-state index contributed by atoms with van der Waals surface area (Å²) in [7, 11) is 2.06. The van der Waals surface area contributed by atoms with E-state index >= 15 is 0 Å². The molecule has 52 valence electrons. The second kappa shape index (κ2) is 5.42. The van der Waals surface area contributed by atoms with Gasteiger partial charge in [-0.1, -0.05) is 12.2 Å². The Kier molecular flexibility index (Phi) is 4.98. The Morgan fingerprint density at radius 3 is 2.67 bits per heavy atom. The molecule has 0 aliphatic carbocycles. The first kappa shape index (κ1) is 8.28. The molecule has 0 atom stereocenters. The molecule has 0 rings (SSSR count). The smallest absolute Gasteiger partial charge is 0.0140 e. The van der Waals surface area contributed by atoms with Gasteiger partial charge in [-0.2, -0.15) is 0 Å². The summed E-state index contributed by atoms with van der Waals surface area (Å²) in [5.74, 6) is 0. The molecule has 0 fully saturated rings. The van der Waals surface area contributed by atoms with E-state index in [0.717, 1.165) is 13.0 Å². The highest BCUT2D eigenvalue weighted by Gasteiger charge is 1.79. The average molecular weight is 125 g/mol. The van der Waals surface area contributed by atoms with Gasteiger partial charge in [0.05, 0.1) is 0 Å². The third-order valence-corrected chi connectivity index (χ3v) is 1.16. The van der Waals surface area contributed by atoms with E-state index in [9.17, 15) is 0 Å². The first-order valence-electron chi connectivity index (χ1n) is 3.29. The molecule has 0 bridgehead atoms. The lowest BCUT2D eigenvalue weighted by Gasteiger charge is -2.08. The first-order valence-corrected chi connectivity index (χ1v) is 3.29. The Morgan fingerprint density at radius 1 is 1.56 bits per heavy atom. The van der Waals surface area contributed by atoms with E-state index in [0.29, 0.717) is 0 Å². The molecule has 1 heteroatoms. The average Bonchev–Trinajstić information content (AvgIpc) is 1.89. The third-order valence-electron chi connectivity index (χ3n) is 1.16. The van der Waals surface area contributed by atoms with Crippen LogP contribution in [0.2, 0.25) is 0 Å². The van der Waals surface area contributed by atoms with Crippen LogP contribution in [0.25, 0.3) is 0 Å². The molecule has 0 spiro atoms. The predicted molar refractivity (Wildman–Crippen MR) is 42.3 cm³/mol. The normalized spacial score (nSPS) is 10.0. The Hall–Kier alpha value is -0.720. The Morgan fingerprint density at radius 2 is 2.22 bits per heavy atom. The Labute approximate surface area is 57.7 Å². The van der Waals surface area contributed by atoms with Crippen molar-refractivity contribution in [2.75, 3.05) is 13.6 Å². The number of rotatable bonds is 4. The zero-order valence-corrected chi connectivity index (χ0v) is 6.30. The minimum absolute atomic E-state index is 0.963. The molecule has 0 heterocycles. The lowest BCUT2D eigenvalue weighted by atomic mass is 10.4. The molecule has 0 N–H and O–H groups in total. The Bertz CT molecular complexity index is 94.7. The van der Waals surface area contributed by atoms with E-state index in [4.69, 9.17) is 0 Å². The highest BCUT2D eigenvalue weighted by molar-refractivity contribution is 4.86. The summed E-state index contributed by atoms with van der Waals surface area (Å²) in [5, 5.41) is 0. The van der Waals surface area contributed by atoms with E-state index in [1.807, 2.05) is 6.08 Å². The van der Waals surface area contributed by atoms with Gasteiger partial charge in [0.15, 0.2) is 0 Å². The van der Waals surface area contributed by atoms with Crippen LogP contribution >= 0.6 is 0 Å². The van der Waals surface area contributed by atoms with Gasteiger partial charge in [-0.3, -0.25) is 0 Å². The summed E-state index contributed by atoms with van der Waals surface area (Å²) in [6.07, 6.45) is 7.02. The van der Waals surface area contributed by atoms with Crippen LogP contribution in [0.5, 0.6) is 0 Å². The van der Waals surface area contributed by atoms with Crippen molar-refractivity contribution in [3.05, 3.63) is 24.9 Å². The molecule has 0 saturated heterocycles. The van der Waals surface area contributed by atoms with E-state index in [2.05, 4.69) is 37.7 Å². The summed E-state index contributed by atoms with van der Waals surface area (Å²) < 4.78 is 0. The van der Waals surface area contributed by atoms with Gasteiger partial charge >= 0.3 is 0 Å². The minimum Gasteiger partial charge on any atom is -0.381 e. The van der Waals surface area contributed by atoms with Gasteiger partial charge in [-0.15, -0.1) is 6.58 Å². The molecule has 0 unspecified atom stereocenters. The number of nitrogens with zero attached hydrogens (tertiary/aromatic N) is 1. The van der Waals surface area contributed by atoms with Gasteiger partial charge in [0.25, 0.3) is 0 Å². The molecule has 0 saturated carbocycles. The predicted octanol–water partition coefficient (Wildman–Crippen LogP) is 2.03. The van der Waals surface area contributed by atoms with Crippen LogP contribution in [0.15, 0.2) is 24.9 Å². The van der Waals surface area contributed by atoms with Crippen LogP contribution in [0.3, 0.4) is 0 Å². The van der Waals surface area contributed by atoms with Crippen LogP contribution in [-0.4, -0.2) is 18.5 Å². The lowest BCUT2D eigenvalue weighted by molar-refractivity contribution is 0.483. The molecule has 0 aliphatic heterocycles. The second-order valence-electron chi connectivity index (χ2n) is 1.98. The highest BCUT2D eigenvalue weighted by atomic mass is 15.1. The van der Waals surface area contributed by atoms with Crippen molar-refractivity contribution in [1.82, 2.24) is 4.90 Å². The van der Waals surface area contributed by atoms with E-state index < -0.39 is 0 Å². The summed E-state index contributed by atoms with van der Waals surface area (Å²) in [4.78, 5) is 2.13. The SMILES string of the molecule is C=CC/C=C\N(C)CC. The molecule has 9 heavy (non-hydrogen) atoms. The maximum Gasteiger partial charge on any atom is 0.0140 e. The van der Waals surface area contributed by atoms with E-state index in [-0.39, 0.29) is 0 Å². The fourth-order valence-corrected chi connectivity index (χ4v) is 0.442. The maximum absolute atomic E-state index is 3.61.